The van der Waals surface area contributed by atoms with E-state index in [1.165, 1.54) is 18.4 Å². The first-order chi connectivity index (χ1) is 8.99. The van der Waals surface area contributed by atoms with E-state index in [-0.39, 0.29) is 12.1 Å². The molecule has 0 saturated heterocycles. The number of halogens is 1. The van der Waals surface area contributed by atoms with Crippen molar-refractivity contribution in [3.05, 3.63) is 34.9 Å². The highest BCUT2D eigenvalue weighted by molar-refractivity contribution is 6.30. The zero-order valence-corrected chi connectivity index (χ0v) is 12.9. The number of rotatable bonds is 6. The van der Waals surface area contributed by atoms with E-state index in [9.17, 15) is 0 Å². The Morgan fingerprint density at radius 1 is 1.32 bits per heavy atom. The van der Waals surface area contributed by atoms with Crippen LogP contribution in [0.1, 0.15) is 45.2 Å². The Labute approximate surface area is 121 Å². The summed E-state index contributed by atoms with van der Waals surface area (Å²) in [4.78, 5) is 2.58. The van der Waals surface area contributed by atoms with Crippen molar-refractivity contribution in [3.8, 4) is 0 Å². The van der Waals surface area contributed by atoms with Gasteiger partial charge in [0.1, 0.15) is 0 Å². The predicted octanol–water partition coefficient (Wildman–Crippen LogP) is 3.85. The van der Waals surface area contributed by atoms with Crippen LogP contribution in [0.2, 0.25) is 5.02 Å². The van der Waals surface area contributed by atoms with Crippen molar-refractivity contribution in [2.45, 2.75) is 51.7 Å². The summed E-state index contributed by atoms with van der Waals surface area (Å²) in [6, 6.07) is 9.24. The van der Waals surface area contributed by atoms with E-state index < -0.39 is 0 Å². The van der Waals surface area contributed by atoms with Crippen LogP contribution in [0.5, 0.6) is 0 Å². The maximum absolute atomic E-state index is 6.28. The molecule has 0 radical (unpaired) electrons. The predicted molar refractivity (Wildman–Crippen MR) is 82.4 cm³/mol. The summed E-state index contributed by atoms with van der Waals surface area (Å²) in [5.41, 5.74) is 7.52. The lowest BCUT2D eigenvalue weighted by Crippen LogP contribution is -2.42. The van der Waals surface area contributed by atoms with Gasteiger partial charge in [-0.2, -0.15) is 0 Å². The number of nitrogens with two attached hydrogens (primary N) is 1. The van der Waals surface area contributed by atoms with Crippen molar-refractivity contribution < 1.29 is 0 Å². The van der Waals surface area contributed by atoms with Crippen LogP contribution in [0.15, 0.2) is 24.3 Å². The van der Waals surface area contributed by atoms with Gasteiger partial charge in [-0.15, -0.1) is 0 Å². The number of hydrogen-bond donors (Lipinski definition) is 1. The maximum atomic E-state index is 6.28. The van der Waals surface area contributed by atoms with Crippen molar-refractivity contribution >= 4 is 11.6 Å². The first-order valence-corrected chi connectivity index (χ1v) is 7.63. The summed E-state index contributed by atoms with van der Waals surface area (Å²) in [6.07, 6.45) is 2.60. The van der Waals surface area contributed by atoms with Gasteiger partial charge in [0.2, 0.25) is 0 Å². The van der Waals surface area contributed by atoms with Gasteiger partial charge in [0.15, 0.2) is 0 Å². The first kappa shape index (κ1) is 14.8. The minimum atomic E-state index is 0.109. The third kappa shape index (κ3) is 3.95. The Kier molecular flexibility index (Phi) is 4.88. The molecule has 2 N–H and O–H groups in total. The molecular formula is C16H25ClN2. The molecule has 0 aliphatic heterocycles. The summed E-state index contributed by atoms with van der Waals surface area (Å²) in [7, 11) is 0. The molecule has 19 heavy (non-hydrogen) atoms. The van der Waals surface area contributed by atoms with Gasteiger partial charge >= 0.3 is 0 Å². The van der Waals surface area contributed by atoms with Gasteiger partial charge in [-0.05, 0) is 43.4 Å². The average Bonchev–Trinajstić information content (AvgIpc) is 3.10. The lowest BCUT2D eigenvalue weighted by atomic mass is 9.97. The molecule has 2 nitrogen and oxygen atoms in total. The smallest absolute Gasteiger partial charge is 0.0500 e. The van der Waals surface area contributed by atoms with Crippen LogP contribution < -0.4 is 5.73 Å². The zero-order chi connectivity index (χ0) is 14.0. The third-order valence-electron chi connectivity index (χ3n) is 3.64. The summed E-state index contributed by atoms with van der Waals surface area (Å²) >= 11 is 6.14. The molecule has 2 rings (SSSR count). The first-order valence-electron chi connectivity index (χ1n) is 7.26. The van der Waals surface area contributed by atoms with E-state index in [2.05, 4.69) is 37.8 Å². The van der Waals surface area contributed by atoms with Gasteiger partial charge in [0.25, 0.3) is 0 Å². The van der Waals surface area contributed by atoms with E-state index >= 15 is 0 Å². The number of benzene rings is 1. The van der Waals surface area contributed by atoms with E-state index in [4.69, 9.17) is 17.3 Å². The minimum Gasteiger partial charge on any atom is -0.326 e. The molecule has 1 fully saturated rings. The Bertz CT molecular complexity index is 413. The monoisotopic (exact) mass is 280 g/mol. The van der Waals surface area contributed by atoms with Crippen molar-refractivity contribution in [1.82, 2.24) is 4.90 Å². The largest absolute Gasteiger partial charge is 0.326 e. The Balaban J connectivity index is 2.26. The molecule has 0 bridgehead atoms. The molecule has 3 heteroatoms. The van der Waals surface area contributed by atoms with Crippen molar-refractivity contribution in [2.24, 2.45) is 11.7 Å². The van der Waals surface area contributed by atoms with Crippen LogP contribution in [-0.2, 0) is 0 Å². The summed E-state index contributed by atoms with van der Waals surface area (Å²) in [6.45, 7) is 7.74. The summed E-state index contributed by atoms with van der Waals surface area (Å²) in [5.74, 6) is 0.654. The fourth-order valence-electron chi connectivity index (χ4n) is 2.81. The lowest BCUT2D eigenvalue weighted by molar-refractivity contribution is 0.148. The normalized spacial score (nSPS) is 18.9. The van der Waals surface area contributed by atoms with Gasteiger partial charge < -0.3 is 5.73 Å². The molecule has 1 aromatic rings. The van der Waals surface area contributed by atoms with Crippen LogP contribution in [0, 0.1) is 5.92 Å². The maximum Gasteiger partial charge on any atom is 0.0500 e. The molecule has 1 aromatic carbocycles. The highest BCUT2D eigenvalue weighted by atomic mass is 35.5. The van der Waals surface area contributed by atoms with Gasteiger partial charge in [-0.25, -0.2) is 0 Å². The summed E-state index contributed by atoms with van der Waals surface area (Å²) < 4.78 is 0. The SMILES string of the molecule is CC(C)CN(C1CC1)C(c1cccc(Cl)c1)C(C)N. The second-order valence-electron chi connectivity index (χ2n) is 6.18. The molecule has 2 atom stereocenters. The average molecular weight is 281 g/mol. The number of hydrogen-bond acceptors (Lipinski definition) is 2. The van der Waals surface area contributed by atoms with Gasteiger partial charge in [0, 0.05) is 29.7 Å². The van der Waals surface area contributed by atoms with Crippen LogP contribution in [-0.4, -0.2) is 23.5 Å². The fourth-order valence-corrected chi connectivity index (χ4v) is 3.00. The highest BCUT2D eigenvalue weighted by Gasteiger charge is 2.36. The Morgan fingerprint density at radius 3 is 2.47 bits per heavy atom. The molecule has 1 saturated carbocycles. The standard InChI is InChI=1S/C16H25ClN2/c1-11(2)10-19(15-7-8-15)16(12(3)18)13-5-4-6-14(17)9-13/h4-6,9,11-12,15-16H,7-8,10,18H2,1-3H3. The van der Waals surface area contributed by atoms with E-state index in [1.807, 2.05) is 12.1 Å². The topological polar surface area (TPSA) is 29.3 Å². The summed E-state index contributed by atoms with van der Waals surface area (Å²) in [5, 5.41) is 0.795. The number of nitrogens with zero attached hydrogens (tertiary/aromatic N) is 1. The Morgan fingerprint density at radius 2 is 2.00 bits per heavy atom. The molecule has 2 unspecified atom stereocenters. The quantitative estimate of drug-likeness (QED) is 0.858. The highest BCUT2D eigenvalue weighted by Crippen LogP contribution is 2.36. The molecule has 0 heterocycles. The zero-order valence-electron chi connectivity index (χ0n) is 12.1. The van der Waals surface area contributed by atoms with Crippen LogP contribution in [0.25, 0.3) is 0 Å². The van der Waals surface area contributed by atoms with Crippen molar-refractivity contribution in [3.63, 3.8) is 0 Å². The van der Waals surface area contributed by atoms with E-state index in [0.717, 1.165) is 11.6 Å². The van der Waals surface area contributed by atoms with Crippen LogP contribution in [0.4, 0.5) is 0 Å². The second kappa shape index (κ2) is 6.25. The van der Waals surface area contributed by atoms with Crippen molar-refractivity contribution in [2.75, 3.05) is 6.54 Å². The van der Waals surface area contributed by atoms with Gasteiger partial charge in [-0.1, -0.05) is 37.6 Å². The molecule has 1 aliphatic carbocycles. The van der Waals surface area contributed by atoms with Gasteiger partial charge in [-0.3, -0.25) is 4.90 Å². The third-order valence-corrected chi connectivity index (χ3v) is 3.87. The van der Waals surface area contributed by atoms with E-state index in [0.29, 0.717) is 12.0 Å². The lowest BCUT2D eigenvalue weighted by Gasteiger charge is -2.36. The molecule has 106 valence electrons. The minimum absolute atomic E-state index is 0.109. The van der Waals surface area contributed by atoms with Gasteiger partial charge in [0.05, 0.1) is 0 Å². The molecule has 1 aliphatic rings. The fraction of sp³-hybridized carbons (Fsp3) is 0.625. The molecule has 0 amide bonds. The molecule has 0 aromatic heterocycles. The molecule has 0 spiro atoms. The second-order valence-corrected chi connectivity index (χ2v) is 6.62. The van der Waals surface area contributed by atoms with E-state index in [1.54, 1.807) is 0 Å². The Hall–Kier alpha value is -0.570. The van der Waals surface area contributed by atoms with Crippen LogP contribution in [0.3, 0.4) is 0 Å². The molecular weight excluding hydrogens is 256 g/mol. The van der Waals surface area contributed by atoms with Crippen molar-refractivity contribution in [1.29, 1.82) is 0 Å². The van der Waals surface area contributed by atoms with Crippen LogP contribution >= 0.6 is 11.6 Å².